The fourth-order valence-electron chi connectivity index (χ4n) is 2.19. The second kappa shape index (κ2) is 8.15. The lowest BCUT2D eigenvalue weighted by molar-refractivity contribution is 0.251. The summed E-state index contributed by atoms with van der Waals surface area (Å²) in [5, 5.41) is 3.66. The molecule has 0 saturated carbocycles. The first-order valence-corrected chi connectivity index (χ1v) is 6.80. The van der Waals surface area contributed by atoms with E-state index in [-0.39, 0.29) is 0 Å². The zero-order chi connectivity index (χ0) is 11.8. The summed E-state index contributed by atoms with van der Waals surface area (Å²) in [7, 11) is 0. The molecule has 2 unspecified atom stereocenters. The van der Waals surface area contributed by atoms with Crippen molar-refractivity contribution in [2.24, 2.45) is 17.8 Å². The van der Waals surface area contributed by atoms with Gasteiger partial charge in [0.1, 0.15) is 0 Å². The van der Waals surface area contributed by atoms with Crippen molar-refractivity contribution in [2.45, 2.75) is 66.8 Å². The highest BCUT2D eigenvalue weighted by Gasteiger charge is 2.21. The number of hydrogen-bond acceptors (Lipinski definition) is 1. The first-order valence-electron chi connectivity index (χ1n) is 6.80. The van der Waals surface area contributed by atoms with Gasteiger partial charge in [-0.15, -0.1) is 0 Å². The van der Waals surface area contributed by atoms with Gasteiger partial charge in [-0.2, -0.15) is 0 Å². The molecule has 0 heterocycles. The normalized spacial score (nSPS) is 16.0. The number of hydrogen-bond donors (Lipinski definition) is 1. The van der Waals surface area contributed by atoms with Crippen LogP contribution in [0, 0.1) is 17.8 Å². The van der Waals surface area contributed by atoms with Crippen molar-refractivity contribution in [3.63, 3.8) is 0 Å². The molecular weight excluding hydrogens is 182 g/mol. The van der Waals surface area contributed by atoms with Gasteiger partial charge < -0.3 is 5.32 Å². The molecule has 0 aliphatic carbocycles. The van der Waals surface area contributed by atoms with Gasteiger partial charge in [0.25, 0.3) is 0 Å². The van der Waals surface area contributed by atoms with Crippen LogP contribution in [0.1, 0.15) is 60.8 Å². The van der Waals surface area contributed by atoms with E-state index in [1.165, 1.54) is 19.3 Å². The van der Waals surface area contributed by atoms with E-state index < -0.39 is 0 Å². The summed E-state index contributed by atoms with van der Waals surface area (Å²) in [6.45, 7) is 15.0. The third kappa shape index (κ3) is 5.55. The fourth-order valence-corrected chi connectivity index (χ4v) is 2.19. The van der Waals surface area contributed by atoms with Gasteiger partial charge in [-0.3, -0.25) is 0 Å². The highest BCUT2D eigenvalue weighted by Crippen LogP contribution is 2.23. The molecular formula is C14H31N. The van der Waals surface area contributed by atoms with Crippen molar-refractivity contribution in [3.05, 3.63) is 0 Å². The molecule has 1 heteroatoms. The third-order valence-electron chi connectivity index (χ3n) is 3.89. The van der Waals surface area contributed by atoms with Crippen LogP contribution in [-0.4, -0.2) is 12.6 Å². The van der Waals surface area contributed by atoms with Crippen LogP contribution in [-0.2, 0) is 0 Å². The quantitative estimate of drug-likeness (QED) is 0.640. The van der Waals surface area contributed by atoms with Gasteiger partial charge >= 0.3 is 0 Å². The Kier molecular flexibility index (Phi) is 8.13. The number of nitrogens with one attached hydrogen (secondary N) is 1. The first kappa shape index (κ1) is 15.0. The zero-order valence-corrected chi connectivity index (χ0v) is 11.6. The van der Waals surface area contributed by atoms with Gasteiger partial charge in [-0.05, 0) is 30.7 Å². The van der Waals surface area contributed by atoms with Crippen molar-refractivity contribution in [1.29, 1.82) is 0 Å². The van der Waals surface area contributed by atoms with Crippen molar-refractivity contribution >= 4 is 0 Å². The van der Waals surface area contributed by atoms with Crippen LogP contribution >= 0.6 is 0 Å². The molecule has 15 heavy (non-hydrogen) atoms. The van der Waals surface area contributed by atoms with Gasteiger partial charge in [0.15, 0.2) is 0 Å². The molecule has 0 aromatic heterocycles. The van der Waals surface area contributed by atoms with Crippen molar-refractivity contribution in [1.82, 2.24) is 5.32 Å². The maximum atomic E-state index is 3.66. The Balaban J connectivity index is 4.24. The molecule has 0 spiro atoms. The molecule has 0 radical (unpaired) electrons. The highest BCUT2D eigenvalue weighted by molar-refractivity contribution is 4.77. The molecule has 0 aromatic carbocycles. The van der Waals surface area contributed by atoms with Crippen molar-refractivity contribution in [3.8, 4) is 0 Å². The Morgan fingerprint density at radius 3 is 1.80 bits per heavy atom. The molecule has 0 aromatic rings. The van der Waals surface area contributed by atoms with E-state index in [2.05, 4.69) is 46.9 Å². The van der Waals surface area contributed by atoms with Crippen LogP contribution in [0.2, 0.25) is 0 Å². The van der Waals surface area contributed by atoms with Crippen LogP contribution in [0.3, 0.4) is 0 Å². The molecule has 0 aliphatic heterocycles. The van der Waals surface area contributed by atoms with E-state index >= 15 is 0 Å². The molecule has 2 atom stereocenters. The molecule has 0 fully saturated rings. The predicted molar refractivity (Wildman–Crippen MR) is 70.2 cm³/mol. The van der Waals surface area contributed by atoms with E-state index in [0.29, 0.717) is 6.04 Å². The van der Waals surface area contributed by atoms with Gasteiger partial charge in [0.2, 0.25) is 0 Å². The summed E-state index contributed by atoms with van der Waals surface area (Å²) in [5.74, 6) is 2.46. The summed E-state index contributed by atoms with van der Waals surface area (Å²) in [5.41, 5.74) is 0. The summed E-state index contributed by atoms with van der Waals surface area (Å²) >= 11 is 0. The lowest BCUT2D eigenvalue weighted by Gasteiger charge is -2.30. The molecule has 1 nitrogen and oxygen atoms in total. The van der Waals surface area contributed by atoms with E-state index in [9.17, 15) is 0 Å². The van der Waals surface area contributed by atoms with Crippen molar-refractivity contribution in [2.75, 3.05) is 6.54 Å². The van der Waals surface area contributed by atoms with E-state index in [1.807, 2.05) is 0 Å². The van der Waals surface area contributed by atoms with Gasteiger partial charge in [-0.1, -0.05) is 54.4 Å². The molecule has 92 valence electrons. The highest BCUT2D eigenvalue weighted by atomic mass is 14.9. The maximum absolute atomic E-state index is 3.66. The minimum absolute atomic E-state index is 0.708. The molecule has 0 rings (SSSR count). The summed E-state index contributed by atoms with van der Waals surface area (Å²) < 4.78 is 0. The lowest BCUT2D eigenvalue weighted by Crippen LogP contribution is -2.38. The Morgan fingerprint density at radius 2 is 1.47 bits per heavy atom. The van der Waals surface area contributed by atoms with Crippen molar-refractivity contribution < 1.29 is 0 Å². The van der Waals surface area contributed by atoms with Gasteiger partial charge in [-0.25, -0.2) is 0 Å². The average Bonchev–Trinajstić information content (AvgIpc) is 2.23. The summed E-state index contributed by atoms with van der Waals surface area (Å²) in [4.78, 5) is 0. The average molecular weight is 213 g/mol. The smallest absolute Gasteiger partial charge is 0.00976 e. The van der Waals surface area contributed by atoms with Gasteiger partial charge in [0.05, 0.1) is 0 Å². The Bertz CT molecular complexity index is 138. The number of rotatable bonds is 8. The van der Waals surface area contributed by atoms with Crippen LogP contribution in [0.5, 0.6) is 0 Å². The standard InChI is InChI=1S/C14H31N/c1-7-13(8-2)10-14(15-9-3)12(6)11(4)5/h11-15H,7-10H2,1-6H3. The van der Waals surface area contributed by atoms with Crippen LogP contribution < -0.4 is 5.32 Å². The molecule has 1 N–H and O–H groups in total. The van der Waals surface area contributed by atoms with Crippen LogP contribution in [0.4, 0.5) is 0 Å². The molecule has 0 amide bonds. The minimum atomic E-state index is 0.708. The molecule has 0 saturated heterocycles. The second-order valence-electron chi connectivity index (χ2n) is 5.19. The topological polar surface area (TPSA) is 12.0 Å². The molecule has 0 bridgehead atoms. The minimum Gasteiger partial charge on any atom is -0.314 e. The molecule has 0 aliphatic rings. The second-order valence-corrected chi connectivity index (χ2v) is 5.19. The first-order chi connectivity index (χ1) is 7.06. The van der Waals surface area contributed by atoms with Crippen LogP contribution in [0.25, 0.3) is 0 Å². The van der Waals surface area contributed by atoms with E-state index in [0.717, 1.165) is 24.3 Å². The largest absolute Gasteiger partial charge is 0.314 e. The monoisotopic (exact) mass is 213 g/mol. The zero-order valence-electron chi connectivity index (χ0n) is 11.6. The Labute approximate surface area is 97.0 Å². The predicted octanol–water partition coefficient (Wildman–Crippen LogP) is 4.08. The van der Waals surface area contributed by atoms with E-state index in [1.54, 1.807) is 0 Å². The lowest BCUT2D eigenvalue weighted by atomic mass is 9.83. The Morgan fingerprint density at radius 1 is 0.933 bits per heavy atom. The fraction of sp³-hybridized carbons (Fsp3) is 1.00. The SMILES string of the molecule is CCNC(CC(CC)CC)C(C)C(C)C. The van der Waals surface area contributed by atoms with Crippen LogP contribution in [0.15, 0.2) is 0 Å². The summed E-state index contributed by atoms with van der Waals surface area (Å²) in [6.07, 6.45) is 3.99. The van der Waals surface area contributed by atoms with Gasteiger partial charge in [0, 0.05) is 6.04 Å². The summed E-state index contributed by atoms with van der Waals surface area (Å²) in [6, 6.07) is 0.708. The van der Waals surface area contributed by atoms with E-state index in [4.69, 9.17) is 0 Å². The third-order valence-corrected chi connectivity index (χ3v) is 3.89. The Hall–Kier alpha value is -0.0400. The maximum Gasteiger partial charge on any atom is 0.00976 e.